The molecule has 0 atom stereocenters. The molecule has 1 aromatic rings. The van der Waals surface area contributed by atoms with Gasteiger partial charge in [-0.2, -0.15) is 0 Å². The van der Waals surface area contributed by atoms with Crippen molar-refractivity contribution in [3.8, 4) is 0 Å². The highest BCUT2D eigenvalue weighted by Gasteiger charge is 2.24. The molecule has 2 rings (SSSR count). The summed E-state index contributed by atoms with van der Waals surface area (Å²) in [6.07, 6.45) is 4.93. The fraction of sp³-hybridized carbons (Fsp3) is 0.533. The predicted octanol–water partition coefficient (Wildman–Crippen LogP) is 2.35. The van der Waals surface area contributed by atoms with Gasteiger partial charge in [0.2, 0.25) is 0 Å². The first-order chi connectivity index (χ1) is 9.00. The molecular formula is C15H23N3O. The molecule has 0 saturated heterocycles. The van der Waals surface area contributed by atoms with Crippen LogP contribution in [0.1, 0.15) is 36.0 Å². The summed E-state index contributed by atoms with van der Waals surface area (Å²) < 4.78 is 0. The minimum absolute atomic E-state index is 0.0276. The lowest BCUT2D eigenvalue weighted by Gasteiger charge is -2.29. The highest BCUT2D eigenvalue weighted by molar-refractivity contribution is 6.00. The van der Waals surface area contributed by atoms with E-state index in [4.69, 9.17) is 5.73 Å². The van der Waals surface area contributed by atoms with E-state index in [1.807, 2.05) is 12.1 Å². The average Bonchev–Trinajstić information content (AvgIpc) is 2.90. The van der Waals surface area contributed by atoms with Crippen molar-refractivity contribution >= 4 is 17.3 Å². The number of carbonyl (C=O) groups is 1. The summed E-state index contributed by atoms with van der Waals surface area (Å²) in [7, 11) is 5.62. The fourth-order valence-corrected chi connectivity index (χ4v) is 2.75. The van der Waals surface area contributed by atoms with Crippen LogP contribution >= 0.6 is 0 Å². The lowest BCUT2D eigenvalue weighted by molar-refractivity contribution is 0.0828. The largest absolute Gasteiger partial charge is 0.399 e. The molecule has 0 radical (unpaired) electrons. The van der Waals surface area contributed by atoms with Gasteiger partial charge in [0, 0.05) is 32.9 Å². The molecule has 104 valence electrons. The SMILES string of the molecule is CN(C)C(=O)c1ccc(N)cc1N(C)C1CCCC1. The molecule has 0 unspecified atom stereocenters. The molecule has 4 heteroatoms. The van der Waals surface area contributed by atoms with Gasteiger partial charge in [-0.3, -0.25) is 4.79 Å². The molecule has 1 aliphatic carbocycles. The highest BCUT2D eigenvalue weighted by atomic mass is 16.2. The van der Waals surface area contributed by atoms with Gasteiger partial charge in [-0.1, -0.05) is 12.8 Å². The van der Waals surface area contributed by atoms with Gasteiger partial charge in [0.15, 0.2) is 0 Å². The van der Waals surface area contributed by atoms with E-state index < -0.39 is 0 Å². The standard InChI is InChI=1S/C15H23N3O/c1-17(2)15(19)13-9-8-11(16)10-14(13)18(3)12-6-4-5-7-12/h8-10,12H,4-7,16H2,1-3H3. The Morgan fingerprint density at radius 2 is 1.84 bits per heavy atom. The van der Waals surface area contributed by atoms with Gasteiger partial charge in [0.1, 0.15) is 0 Å². The summed E-state index contributed by atoms with van der Waals surface area (Å²) in [6, 6.07) is 6.06. The Morgan fingerprint density at radius 1 is 1.21 bits per heavy atom. The summed E-state index contributed by atoms with van der Waals surface area (Å²) in [5.41, 5.74) is 8.27. The first kappa shape index (κ1) is 13.7. The van der Waals surface area contributed by atoms with E-state index in [1.165, 1.54) is 25.7 Å². The maximum atomic E-state index is 12.3. The molecular weight excluding hydrogens is 238 g/mol. The third kappa shape index (κ3) is 2.83. The predicted molar refractivity (Wildman–Crippen MR) is 79.5 cm³/mol. The number of carbonyl (C=O) groups excluding carboxylic acids is 1. The van der Waals surface area contributed by atoms with Gasteiger partial charge in [-0.05, 0) is 31.0 Å². The number of amides is 1. The monoisotopic (exact) mass is 261 g/mol. The Labute approximate surface area is 115 Å². The van der Waals surface area contributed by atoms with Crippen LogP contribution in [0.3, 0.4) is 0 Å². The summed E-state index contributed by atoms with van der Waals surface area (Å²) >= 11 is 0. The first-order valence-corrected chi connectivity index (χ1v) is 6.84. The lowest BCUT2D eigenvalue weighted by Crippen LogP contribution is -2.32. The molecule has 1 amide bonds. The number of hydrogen-bond donors (Lipinski definition) is 1. The Kier molecular flexibility index (Phi) is 3.98. The van der Waals surface area contributed by atoms with Crippen LogP contribution in [0.5, 0.6) is 0 Å². The highest BCUT2D eigenvalue weighted by Crippen LogP contribution is 2.31. The number of benzene rings is 1. The van der Waals surface area contributed by atoms with Crippen molar-refractivity contribution in [3.63, 3.8) is 0 Å². The number of nitrogen functional groups attached to an aromatic ring is 1. The minimum atomic E-state index is 0.0276. The second-order valence-electron chi connectivity index (χ2n) is 5.53. The van der Waals surface area contributed by atoms with Crippen LogP contribution in [0.25, 0.3) is 0 Å². The van der Waals surface area contributed by atoms with Gasteiger partial charge >= 0.3 is 0 Å². The van der Waals surface area contributed by atoms with Crippen LogP contribution in [-0.4, -0.2) is 38.0 Å². The molecule has 1 saturated carbocycles. The topological polar surface area (TPSA) is 49.6 Å². The molecule has 0 aliphatic heterocycles. The fourth-order valence-electron chi connectivity index (χ4n) is 2.75. The number of rotatable bonds is 3. The smallest absolute Gasteiger partial charge is 0.255 e. The van der Waals surface area contributed by atoms with Crippen LogP contribution in [0.4, 0.5) is 11.4 Å². The number of nitrogens with two attached hydrogens (primary N) is 1. The van der Waals surface area contributed by atoms with Gasteiger partial charge in [0.25, 0.3) is 5.91 Å². The van der Waals surface area contributed by atoms with Crippen molar-refractivity contribution < 1.29 is 4.79 Å². The molecule has 1 aromatic carbocycles. The molecule has 0 aromatic heterocycles. The van der Waals surface area contributed by atoms with Crippen molar-refractivity contribution in [1.82, 2.24) is 4.90 Å². The summed E-state index contributed by atoms with van der Waals surface area (Å²) in [5.74, 6) is 0.0276. The third-order valence-corrected chi connectivity index (χ3v) is 3.91. The summed E-state index contributed by atoms with van der Waals surface area (Å²) in [5, 5.41) is 0. The van der Waals surface area contributed by atoms with E-state index in [9.17, 15) is 4.79 Å². The van der Waals surface area contributed by atoms with Crippen LogP contribution in [0.15, 0.2) is 18.2 Å². The molecule has 0 heterocycles. The van der Waals surface area contributed by atoms with E-state index in [0.29, 0.717) is 11.7 Å². The zero-order valence-corrected chi connectivity index (χ0v) is 12.0. The van der Waals surface area contributed by atoms with Crippen molar-refractivity contribution in [2.75, 3.05) is 31.8 Å². The second kappa shape index (κ2) is 5.51. The quantitative estimate of drug-likeness (QED) is 0.850. The maximum absolute atomic E-state index is 12.3. The molecule has 0 spiro atoms. The van der Waals surface area contributed by atoms with E-state index in [2.05, 4.69) is 11.9 Å². The average molecular weight is 261 g/mol. The van der Waals surface area contributed by atoms with E-state index in [-0.39, 0.29) is 5.91 Å². The lowest BCUT2D eigenvalue weighted by atomic mass is 10.1. The molecule has 1 aliphatic rings. The number of anilines is 2. The van der Waals surface area contributed by atoms with E-state index in [1.54, 1.807) is 25.1 Å². The van der Waals surface area contributed by atoms with Crippen LogP contribution in [0.2, 0.25) is 0 Å². The van der Waals surface area contributed by atoms with Gasteiger partial charge in [-0.25, -0.2) is 0 Å². The van der Waals surface area contributed by atoms with Crippen molar-refractivity contribution in [1.29, 1.82) is 0 Å². The van der Waals surface area contributed by atoms with E-state index >= 15 is 0 Å². The third-order valence-electron chi connectivity index (χ3n) is 3.91. The molecule has 1 fully saturated rings. The maximum Gasteiger partial charge on any atom is 0.255 e. The van der Waals surface area contributed by atoms with Gasteiger partial charge < -0.3 is 15.5 Å². The summed E-state index contributed by atoms with van der Waals surface area (Å²) in [4.78, 5) is 16.1. The Morgan fingerprint density at radius 3 is 2.42 bits per heavy atom. The zero-order chi connectivity index (χ0) is 14.0. The Hall–Kier alpha value is -1.71. The molecule has 2 N–H and O–H groups in total. The molecule has 4 nitrogen and oxygen atoms in total. The molecule has 19 heavy (non-hydrogen) atoms. The van der Waals surface area contributed by atoms with Crippen LogP contribution in [0, 0.1) is 0 Å². The number of nitrogens with zero attached hydrogens (tertiary/aromatic N) is 2. The van der Waals surface area contributed by atoms with Crippen molar-refractivity contribution in [2.24, 2.45) is 0 Å². The van der Waals surface area contributed by atoms with Crippen LogP contribution < -0.4 is 10.6 Å². The van der Waals surface area contributed by atoms with Crippen molar-refractivity contribution in [2.45, 2.75) is 31.7 Å². The van der Waals surface area contributed by atoms with Crippen molar-refractivity contribution in [3.05, 3.63) is 23.8 Å². The number of hydrogen-bond acceptors (Lipinski definition) is 3. The molecule has 0 bridgehead atoms. The normalized spacial score (nSPS) is 15.5. The zero-order valence-electron chi connectivity index (χ0n) is 12.0. The van der Waals surface area contributed by atoms with E-state index in [0.717, 1.165) is 11.3 Å². The van der Waals surface area contributed by atoms with Gasteiger partial charge in [-0.15, -0.1) is 0 Å². The van der Waals surface area contributed by atoms with Crippen LogP contribution in [-0.2, 0) is 0 Å². The van der Waals surface area contributed by atoms with Gasteiger partial charge in [0.05, 0.1) is 11.3 Å². The minimum Gasteiger partial charge on any atom is -0.399 e. The Balaban J connectivity index is 2.36. The summed E-state index contributed by atoms with van der Waals surface area (Å²) in [6.45, 7) is 0. The Bertz CT molecular complexity index is 464. The first-order valence-electron chi connectivity index (χ1n) is 6.84. The second-order valence-corrected chi connectivity index (χ2v) is 5.53.